The Kier molecular flexibility index (Phi) is 36.8. The first kappa shape index (κ1) is 58.6. The van der Waals surface area contributed by atoms with Crippen LogP contribution in [0.1, 0.15) is 174 Å². The molecule has 0 aromatic heterocycles. The molecule has 1 amide bonds. The van der Waals surface area contributed by atoms with Gasteiger partial charge in [0.2, 0.25) is 5.91 Å². The largest absolute Gasteiger partial charge is 0.394 e. The highest BCUT2D eigenvalue weighted by atomic mass is 32.2. The Labute approximate surface area is 383 Å². The quantitative estimate of drug-likeness (QED) is 0.0292. The van der Waals surface area contributed by atoms with E-state index < -0.39 is 61.5 Å². The molecule has 0 spiro atoms. The van der Waals surface area contributed by atoms with Crippen LogP contribution in [0.5, 0.6) is 0 Å². The zero-order valence-electron chi connectivity index (χ0n) is 38.6. The van der Waals surface area contributed by atoms with Crippen LogP contribution >= 0.6 is 47.0 Å². The van der Waals surface area contributed by atoms with Crippen molar-refractivity contribution in [3.63, 3.8) is 0 Å². The highest BCUT2D eigenvalue weighted by Crippen LogP contribution is 2.33. The Hall–Kier alpha value is 0.550. The molecule has 7 N–H and O–H groups in total. The second kappa shape index (κ2) is 37.7. The molecule has 14 heteroatoms. The average Bonchev–Trinajstić information content (AvgIpc) is 3.25. The SMILES string of the molecule is CCCCCCCCCCCC[C@@H](O)C(=O)N[C@@H](CO[C@@H]1O[C@H](CO)[C@@H](O)[C@H](O)[C@H]1O)[C@H](O)C(SC)C(CCCCCCCC(SC)C(CCCCCCCC)SC)SC. The van der Waals surface area contributed by atoms with Gasteiger partial charge in [0, 0.05) is 21.0 Å². The molecule has 0 saturated carbocycles. The molecule has 1 fully saturated rings. The number of aliphatic hydroxyl groups is 6. The number of hydrogen-bond acceptors (Lipinski definition) is 13. The summed E-state index contributed by atoms with van der Waals surface area (Å²) in [7, 11) is 0. The van der Waals surface area contributed by atoms with Crippen molar-refractivity contribution in [2.75, 3.05) is 38.2 Å². The molecule has 0 radical (unpaired) electrons. The van der Waals surface area contributed by atoms with E-state index in [1.807, 2.05) is 36.0 Å². The van der Waals surface area contributed by atoms with E-state index in [4.69, 9.17) is 9.47 Å². The van der Waals surface area contributed by atoms with Crippen molar-refractivity contribution < 1.29 is 44.9 Å². The lowest BCUT2D eigenvalue weighted by atomic mass is 9.99. The molecule has 0 aromatic rings. The summed E-state index contributed by atoms with van der Waals surface area (Å²) in [4.78, 5) is 13.4. The fourth-order valence-corrected chi connectivity index (χ4v) is 13.0. The summed E-state index contributed by atoms with van der Waals surface area (Å²) < 4.78 is 11.4. The molecule has 0 aromatic carbocycles. The number of rotatable bonds is 40. The van der Waals surface area contributed by atoms with E-state index in [9.17, 15) is 35.4 Å². The topological polar surface area (TPSA) is 169 Å². The van der Waals surface area contributed by atoms with Crippen molar-refractivity contribution in [3.05, 3.63) is 0 Å². The number of ether oxygens (including phenoxy) is 2. The summed E-state index contributed by atoms with van der Waals surface area (Å²) in [6.45, 7) is 3.61. The maximum atomic E-state index is 13.4. The second-order valence-electron chi connectivity index (χ2n) is 17.0. The third-order valence-corrected chi connectivity index (χ3v) is 17.2. The van der Waals surface area contributed by atoms with Gasteiger partial charge in [0.05, 0.1) is 25.4 Å². The molecule has 12 atom stereocenters. The standard InChI is InChI=1S/C46H91NO9S4/c1-7-9-11-13-15-16-17-18-20-24-28-35(49)45(54)47-34(33-55-46-43(53)42(52)41(51)36(32-48)56-46)40(50)44(60-6)39(59-5)31-27-23-19-22-26-30-38(58-4)37(57-3)29-25-21-14-12-10-8-2/h34-44,46,48-53H,7-33H2,1-6H3,(H,47,54)/t34-,35+,36+,37?,38?,39?,40-,41+,42-,43+,44?,46+/m0/s1. The fourth-order valence-electron chi connectivity index (χ4n) is 8.28. The third kappa shape index (κ3) is 24.2. The summed E-state index contributed by atoms with van der Waals surface area (Å²) in [5, 5.41) is 67.7. The Balaban J connectivity index is 2.77. The number of unbranched alkanes of at least 4 members (excludes halogenated alkanes) is 18. The summed E-state index contributed by atoms with van der Waals surface area (Å²) in [5.74, 6) is -0.595. The lowest BCUT2D eigenvalue weighted by molar-refractivity contribution is -0.302. The molecule has 1 saturated heterocycles. The van der Waals surface area contributed by atoms with Gasteiger partial charge in [0.25, 0.3) is 0 Å². The first-order valence-corrected chi connectivity index (χ1v) is 28.9. The smallest absolute Gasteiger partial charge is 0.249 e. The molecule has 10 nitrogen and oxygen atoms in total. The Morgan fingerprint density at radius 1 is 0.583 bits per heavy atom. The molecule has 1 aliphatic rings. The van der Waals surface area contributed by atoms with Crippen LogP contribution in [0.15, 0.2) is 0 Å². The average molecular weight is 930 g/mol. The minimum atomic E-state index is -1.62. The molecule has 1 aliphatic heterocycles. The molecular weight excluding hydrogens is 839 g/mol. The van der Waals surface area contributed by atoms with Crippen molar-refractivity contribution in [1.29, 1.82) is 0 Å². The van der Waals surface area contributed by atoms with E-state index in [-0.39, 0.29) is 17.1 Å². The van der Waals surface area contributed by atoms with Gasteiger partial charge in [-0.05, 0) is 50.7 Å². The van der Waals surface area contributed by atoms with Gasteiger partial charge >= 0.3 is 0 Å². The number of carbonyl (C=O) groups is 1. The summed E-state index contributed by atoms with van der Waals surface area (Å²) >= 11 is 7.31. The number of thioether (sulfide) groups is 4. The number of nitrogens with one attached hydrogen (secondary N) is 1. The Bertz CT molecular complexity index is 1010. The zero-order valence-corrected chi connectivity index (χ0v) is 41.8. The van der Waals surface area contributed by atoms with Gasteiger partial charge in [0.15, 0.2) is 6.29 Å². The van der Waals surface area contributed by atoms with E-state index in [1.54, 1.807) is 11.8 Å². The van der Waals surface area contributed by atoms with Crippen LogP contribution in [0.3, 0.4) is 0 Å². The summed E-state index contributed by atoms with van der Waals surface area (Å²) in [5.41, 5.74) is 0. The first-order chi connectivity index (χ1) is 29.0. The third-order valence-electron chi connectivity index (χ3n) is 12.3. The van der Waals surface area contributed by atoms with E-state index in [0.717, 1.165) is 50.2 Å². The fraction of sp³-hybridized carbons (Fsp3) is 0.978. The van der Waals surface area contributed by atoms with Gasteiger partial charge in [0.1, 0.15) is 30.5 Å². The highest BCUT2D eigenvalue weighted by Gasteiger charge is 2.45. The van der Waals surface area contributed by atoms with Crippen molar-refractivity contribution >= 4 is 53.0 Å². The van der Waals surface area contributed by atoms with Crippen LogP contribution in [-0.4, -0.2) is 145 Å². The number of hydrogen-bond donors (Lipinski definition) is 7. The Morgan fingerprint density at radius 2 is 1.00 bits per heavy atom. The van der Waals surface area contributed by atoms with Crippen molar-refractivity contribution in [2.45, 2.75) is 244 Å². The van der Waals surface area contributed by atoms with Gasteiger partial charge < -0.3 is 45.4 Å². The maximum Gasteiger partial charge on any atom is 0.249 e. The van der Waals surface area contributed by atoms with Crippen molar-refractivity contribution in [1.82, 2.24) is 5.32 Å². The molecular formula is C46H91NO9S4. The molecule has 0 aliphatic carbocycles. The minimum absolute atomic E-state index is 0.0865. The van der Waals surface area contributed by atoms with Crippen molar-refractivity contribution in [2.24, 2.45) is 0 Å². The zero-order chi connectivity index (χ0) is 44.5. The second-order valence-corrected chi connectivity index (χ2v) is 21.3. The Morgan fingerprint density at radius 3 is 1.42 bits per heavy atom. The van der Waals surface area contributed by atoms with Gasteiger partial charge in [-0.1, -0.05) is 149 Å². The van der Waals surface area contributed by atoms with E-state index >= 15 is 0 Å². The lowest BCUT2D eigenvalue weighted by Crippen LogP contribution is -2.60. The molecule has 1 rings (SSSR count). The van der Waals surface area contributed by atoms with Crippen LogP contribution in [0.2, 0.25) is 0 Å². The van der Waals surface area contributed by atoms with E-state index in [1.165, 1.54) is 121 Å². The summed E-state index contributed by atoms with van der Waals surface area (Å²) in [6, 6.07) is -0.963. The monoisotopic (exact) mass is 930 g/mol. The molecule has 1 heterocycles. The van der Waals surface area contributed by atoms with Gasteiger partial charge in [-0.3, -0.25) is 4.79 Å². The lowest BCUT2D eigenvalue weighted by Gasteiger charge is -2.40. The van der Waals surface area contributed by atoms with Crippen molar-refractivity contribution in [3.8, 4) is 0 Å². The van der Waals surface area contributed by atoms with E-state index in [2.05, 4.69) is 31.7 Å². The number of carbonyl (C=O) groups excluding carboxylic acids is 1. The minimum Gasteiger partial charge on any atom is -0.394 e. The van der Waals surface area contributed by atoms with Crippen LogP contribution < -0.4 is 5.32 Å². The molecule has 0 bridgehead atoms. The van der Waals surface area contributed by atoms with Gasteiger partial charge in [-0.25, -0.2) is 0 Å². The number of amides is 1. The first-order valence-electron chi connectivity index (χ1n) is 23.7. The highest BCUT2D eigenvalue weighted by molar-refractivity contribution is 8.03. The van der Waals surface area contributed by atoms with Crippen LogP contribution in [0.4, 0.5) is 0 Å². The summed E-state index contributed by atoms with van der Waals surface area (Å²) in [6.07, 6.45) is 28.1. The van der Waals surface area contributed by atoms with Crippen LogP contribution in [0, 0.1) is 0 Å². The normalized spacial score (nSPS) is 23.2. The predicted molar refractivity (Wildman–Crippen MR) is 260 cm³/mol. The molecule has 60 heavy (non-hydrogen) atoms. The molecule has 4 unspecified atom stereocenters. The predicted octanol–water partition coefficient (Wildman–Crippen LogP) is 8.73. The number of aliphatic hydroxyl groups excluding tert-OH is 6. The van der Waals surface area contributed by atoms with Gasteiger partial charge in [-0.15, -0.1) is 0 Å². The van der Waals surface area contributed by atoms with E-state index in [0.29, 0.717) is 11.7 Å². The maximum absolute atomic E-state index is 13.4. The van der Waals surface area contributed by atoms with Crippen LogP contribution in [0.25, 0.3) is 0 Å². The molecule has 358 valence electrons. The van der Waals surface area contributed by atoms with Gasteiger partial charge in [-0.2, -0.15) is 47.0 Å². The van der Waals surface area contributed by atoms with Crippen LogP contribution in [-0.2, 0) is 14.3 Å².